The van der Waals surface area contributed by atoms with Crippen LogP contribution >= 0.6 is 0 Å². The summed E-state index contributed by atoms with van der Waals surface area (Å²) in [6.07, 6.45) is 4.24. The SMILES string of the molecule is CC(=O)NCC1CN(c2ccc(-c3ccc4nccn4c3)c(F)c2)C(=O)O1. The number of halogens is 1. The van der Waals surface area contributed by atoms with E-state index < -0.39 is 18.0 Å². The molecule has 3 aromatic rings. The molecule has 1 fully saturated rings. The first kappa shape index (κ1) is 17.0. The van der Waals surface area contributed by atoms with E-state index in [-0.39, 0.29) is 19.0 Å². The molecule has 1 N–H and O–H groups in total. The van der Waals surface area contributed by atoms with Crippen LogP contribution in [-0.2, 0) is 9.53 Å². The van der Waals surface area contributed by atoms with Gasteiger partial charge in [-0.15, -0.1) is 0 Å². The zero-order valence-electron chi connectivity index (χ0n) is 14.6. The number of carbonyl (C=O) groups is 2. The highest BCUT2D eigenvalue weighted by Crippen LogP contribution is 2.29. The number of rotatable bonds is 4. The quantitative estimate of drug-likeness (QED) is 0.768. The summed E-state index contributed by atoms with van der Waals surface area (Å²) in [5.74, 6) is -0.639. The van der Waals surface area contributed by atoms with Gasteiger partial charge in [0.25, 0.3) is 0 Å². The summed E-state index contributed by atoms with van der Waals surface area (Å²) < 4.78 is 21.8. The Labute approximate surface area is 154 Å². The number of aromatic nitrogens is 2. The number of nitrogens with one attached hydrogen (secondary N) is 1. The van der Waals surface area contributed by atoms with E-state index in [2.05, 4.69) is 10.3 Å². The Bertz CT molecular complexity index is 1030. The summed E-state index contributed by atoms with van der Waals surface area (Å²) in [5.41, 5.74) is 2.32. The number of ether oxygens (including phenoxy) is 1. The molecule has 1 aliphatic rings. The van der Waals surface area contributed by atoms with Crippen molar-refractivity contribution >= 4 is 23.3 Å². The summed E-state index contributed by atoms with van der Waals surface area (Å²) in [5, 5.41) is 2.61. The summed E-state index contributed by atoms with van der Waals surface area (Å²) in [4.78, 5) is 28.6. The standard InChI is InChI=1S/C19H17FN4O3/c1-12(25)22-9-15-11-24(19(26)27-15)14-3-4-16(17(20)8-14)13-2-5-18-21-6-7-23(18)10-13/h2-8,10,15H,9,11H2,1H3,(H,22,25). The summed E-state index contributed by atoms with van der Waals surface area (Å²) >= 11 is 0. The van der Waals surface area contributed by atoms with Gasteiger partial charge < -0.3 is 14.5 Å². The van der Waals surface area contributed by atoms with Crippen LogP contribution in [0.3, 0.4) is 0 Å². The van der Waals surface area contributed by atoms with Crippen molar-refractivity contribution < 1.29 is 18.7 Å². The number of nitrogens with zero attached hydrogens (tertiary/aromatic N) is 3. The van der Waals surface area contributed by atoms with Gasteiger partial charge in [-0.05, 0) is 30.3 Å². The molecule has 1 aliphatic heterocycles. The summed E-state index contributed by atoms with van der Waals surface area (Å²) in [6.45, 7) is 1.87. The molecule has 0 spiro atoms. The van der Waals surface area contributed by atoms with Crippen LogP contribution in [0.4, 0.5) is 14.9 Å². The third-order valence-electron chi connectivity index (χ3n) is 4.42. The number of hydrogen-bond donors (Lipinski definition) is 1. The molecular weight excluding hydrogens is 351 g/mol. The number of benzene rings is 1. The van der Waals surface area contributed by atoms with E-state index >= 15 is 0 Å². The van der Waals surface area contributed by atoms with Crippen LogP contribution in [0.1, 0.15) is 6.92 Å². The molecule has 0 radical (unpaired) electrons. The molecule has 1 atom stereocenters. The fourth-order valence-corrected chi connectivity index (χ4v) is 3.08. The first-order valence-electron chi connectivity index (χ1n) is 8.46. The van der Waals surface area contributed by atoms with Gasteiger partial charge in [-0.3, -0.25) is 9.69 Å². The number of amides is 2. The van der Waals surface area contributed by atoms with Gasteiger partial charge in [-0.25, -0.2) is 14.2 Å². The van der Waals surface area contributed by atoms with Gasteiger partial charge in [0.05, 0.1) is 18.8 Å². The number of fused-ring (bicyclic) bond motifs is 1. The van der Waals surface area contributed by atoms with Crippen molar-refractivity contribution in [2.75, 3.05) is 18.0 Å². The van der Waals surface area contributed by atoms with Gasteiger partial charge in [0, 0.05) is 36.6 Å². The molecule has 1 unspecified atom stereocenters. The molecule has 1 aromatic carbocycles. The van der Waals surface area contributed by atoms with E-state index in [1.165, 1.54) is 17.9 Å². The maximum atomic E-state index is 14.7. The van der Waals surface area contributed by atoms with Gasteiger partial charge >= 0.3 is 6.09 Å². The Kier molecular flexibility index (Phi) is 4.23. The normalized spacial score (nSPS) is 16.6. The molecule has 3 heterocycles. The number of imidazole rings is 1. The second kappa shape index (κ2) is 6.71. The first-order valence-corrected chi connectivity index (χ1v) is 8.46. The zero-order chi connectivity index (χ0) is 19.0. The molecule has 138 valence electrons. The zero-order valence-corrected chi connectivity index (χ0v) is 14.6. The fourth-order valence-electron chi connectivity index (χ4n) is 3.08. The monoisotopic (exact) mass is 368 g/mol. The van der Waals surface area contributed by atoms with Crippen LogP contribution in [0.15, 0.2) is 48.9 Å². The molecule has 2 aromatic heterocycles. The van der Waals surface area contributed by atoms with Crippen molar-refractivity contribution in [3.63, 3.8) is 0 Å². The predicted octanol–water partition coefficient (Wildman–Crippen LogP) is 2.60. The van der Waals surface area contributed by atoms with Crippen molar-refractivity contribution in [1.82, 2.24) is 14.7 Å². The van der Waals surface area contributed by atoms with E-state index in [4.69, 9.17) is 4.74 Å². The molecule has 1 saturated heterocycles. The minimum Gasteiger partial charge on any atom is -0.442 e. The lowest BCUT2D eigenvalue weighted by molar-refractivity contribution is -0.119. The smallest absolute Gasteiger partial charge is 0.414 e. The molecular formula is C19H17FN4O3. The van der Waals surface area contributed by atoms with E-state index in [0.29, 0.717) is 16.8 Å². The predicted molar refractivity (Wildman–Crippen MR) is 96.9 cm³/mol. The second-order valence-electron chi connectivity index (χ2n) is 6.33. The molecule has 0 saturated carbocycles. The van der Waals surface area contributed by atoms with Crippen LogP contribution < -0.4 is 10.2 Å². The lowest BCUT2D eigenvalue weighted by atomic mass is 10.1. The third-order valence-corrected chi connectivity index (χ3v) is 4.42. The third kappa shape index (κ3) is 3.33. The minimum atomic E-state index is -0.558. The van der Waals surface area contributed by atoms with Gasteiger partial charge in [-0.2, -0.15) is 0 Å². The first-order chi connectivity index (χ1) is 13.0. The number of cyclic esters (lactones) is 1. The van der Waals surface area contributed by atoms with Gasteiger partial charge in [-0.1, -0.05) is 0 Å². The molecule has 8 heteroatoms. The highest BCUT2D eigenvalue weighted by Gasteiger charge is 2.32. The van der Waals surface area contributed by atoms with Gasteiger partial charge in [0.1, 0.15) is 17.6 Å². The van der Waals surface area contributed by atoms with Gasteiger partial charge in [0.2, 0.25) is 5.91 Å². The van der Waals surface area contributed by atoms with E-state index in [1.807, 2.05) is 10.5 Å². The highest BCUT2D eigenvalue weighted by molar-refractivity contribution is 5.90. The maximum absolute atomic E-state index is 14.7. The Balaban J connectivity index is 1.56. The second-order valence-corrected chi connectivity index (χ2v) is 6.33. The number of carbonyl (C=O) groups excluding carboxylic acids is 2. The highest BCUT2D eigenvalue weighted by atomic mass is 19.1. The lowest BCUT2D eigenvalue weighted by Crippen LogP contribution is -2.33. The van der Waals surface area contributed by atoms with Crippen LogP contribution in [0, 0.1) is 5.82 Å². The Morgan fingerprint density at radius 1 is 1.37 bits per heavy atom. The molecule has 4 rings (SSSR count). The summed E-state index contributed by atoms with van der Waals surface area (Å²) in [7, 11) is 0. The molecule has 27 heavy (non-hydrogen) atoms. The lowest BCUT2D eigenvalue weighted by Gasteiger charge is -2.14. The maximum Gasteiger partial charge on any atom is 0.414 e. The number of hydrogen-bond acceptors (Lipinski definition) is 4. The molecule has 2 amide bonds. The molecule has 7 nitrogen and oxygen atoms in total. The average Bonchev–Trinajstić information content (AvgIpc) is 3.25. The largest absolute Gasteiger partial charge is 0.442 e. The van der Waals surface area contributed by atoms with Crippen molar-refractivity contribution in [3.05, 3.63) is 54.7 Å². The average molecular weight is 368 g/mol. The Hall–Kier alpha value is -3.42. The minimum absolute atomic E-state index is 0.199. The van der Waals surface area contributed by atoms with Crippen molar-refractivity contribution in [1.29, 1.82) is 0 Å². The van der Waals surface area contributed by atoms with Crippen molar-refractivity contribution in [2.24, 2.45) is 0 Å². The van der Waals surface area contributed by atoms with E-state index in [0.717, 1.165) is 5.65 Å². The van der Waals surface area contributed by atoms with Crippen molar-refractivity contribution in [2.45, 2.75) is 13.0 Å². The Morgan fingerprint density at radius 2 is 2.22 bits per heavy atom. The van der Waals surface area contributed by atoms with Crippen molar-refractivity contribution in [3.8, 4) is 11.1 Å². The number of anilines is 1. The van der Waals surface area contributed by atoms with Crippen LogP contribution in [-0.4, -0.2) is 40.6 Å². The van der Waals surface area contributed by atoms with Crippen LogP contribution in [0.25, 0.3) is 16.8 Å². The molecule has 0 bridgehead atoms. The van der Waals surface area contributed by atoms with Crippen LogP contribution in [0.2, 0.25) is 0 Å². The topological polar surface area (TPSA) is 75.9 Å². The van der Waals surface area contributed by atoms with E-state index in [1.54, 1.807) is 36.8 Å². The number of pyridine rings is 1. The fraction of sp³-hybridized carbons (Fsp3) is 0.211. The van der Waals surface area contributed by atoms with E-state index in [9.17, 15) is 14.0 Å². The molecule has 0 aliphatic carbocycles. The van der Waals surface area contributed by atoms with Crippen LogP contribution in [0.5, 0.6) is 0 Å². The van der Waals surface area contributed by atoms with Gasteiger partial charge in [0.15, 0.2) is 0 Å². The summed E-state index contributed by atoms with van der Waals surface area (Å²) in [6, 6.07) is 8.24. The Morgan fingerprint density at radius 3 is 3.00 bits per heavy atom.